The lowest BCUT2D eigenvalue weighted by Gasteiger charge is -2.18. The molecule has 0 aromatic carbocycles. The van der Waals surface area contributed by atoms with Gasteiger partial charge in [0.15, 0.2) is 0 Å². The second-order valence-corrected chi connectivity index (χ2v) is 3.78. The van der Waals surface area contributed by atoms with E-state index in [2.05, 4.69) is 13.3 Å². The third-order valence-electron chi connectivity index (χ3n) is 1.60. The molecular weight excluding hydrogens is 128 g/mol. The predicted octanol–water partition coefficient (Wildman–Crippen LogP) is 3.05. The second kappa shape index (κ2) is 4.21. The molecule has 0 amide bonds. The summed E-state index contributed by atoms with van der Waals surface area (Å²) in [4.78, 5) is 0. The first kappa shape index (κ1) is 7.46. The first-order chi connectivity index (χ1) is 4.43. The van der Waals surface area contributed by atoms with Crippen LogP contribution in [-0.2, 0) is 0 Å². The van der Waals surface area contributed by atoms with Crippen molar-refractivity contribution in [3.8, 4) is 0 Å². The van der Waals surface area contributed by atoms with Gasteiger partial charge in [0, 0.05) is 5.25 Å². The zero-order chi connectivity index (χ0) is 6.53. The molecule has 0 atom stereocenters. The Kier molecular flexibility index (Phi) is 3.49. The summed E-state index contributed by atoms with van der Waals surface area (Å²) in [6.07, 6.45) is 7.74. The van der Waals surface area contributed by atoms with Crippen molar-refractivity contribution < 1.29 is 0 Å². The summed E-state index contributed by atoms with van der Waals surface area (Å²) in [5, 5.41) is 1.72. The highest BCUT2D eigenvalue weighted by Gasteiger charge is 2.12. The van der Waals surface area contributed by atoms with E-state index in [1.165, 1.54) is 31.4 Å². The highest BCUT2D eigenvalue weighted by Crippen LogP contribution is 2.33. The van der Waals surface area contributed by atoms with Gasteiger partial charge in [-0.15, -0.1) is 0 Å². The van der Waals surface area contributed by atoms with Gasteiger partial charge in [-0.05, 0) is 37.9 Å². The number of rotatable bonds is 2. The number of hydrogen-bond donors (Lipinski definition) is 0. The van der Waals surface area contributed by atoms with Crippen molar-refractivity contribution in [2.45, 2.75) is 32.6 Å². The maximum absolute atomic E-state index is 2.40. The van der Waals surface area contributed by atoms with Gasteiger partial charge in [0.1, 0.15) is 0 Å². The summed E-state index contributed by atoms with van der Waals surface area (Å²) in [6, 6.07) is 0. The quantitative estimate of drug-likeness (QED) is 0.571. The van der Waals surface area contributed by atoms with Gasteiger partial charge in [-0.3, -0.25) is 0 Å². The second-order valence-electron chi connectivity index (χ2n) is 2.34. The van der Waals surface area contributed by atoms with Gasteiger partial charge in [0.2, 0.25) is 0 Å². The van der Waals surface area contributed by atoms with Crippen LogP contribution >= 0.6 is 11.8 Å². The van der Waals surface area contributed by atoms with Crippen molar-refractivity contribution in [1.82, 2.24) is 0 Å². The van der Waals surface area contributed by atoms with Crippen LogP contribution in [0.4, 0.5) is 0 Å². The van der Waals surface area contributed by atoms with Gasteiger partial charge in [-0.2, -0.15) is 11.8 Å². The maximum atomic E-state index is 2.40. The standard InChI is InChI=1S/C8H14S/c1-2-9-8-6-4-3-5-7-8/h3H,2,4-7H2,1H3. The lowest BCUT2D eigenvalue weighted by Crippen LogP contribution is -2.00. The summed E-state index contributed by atoms with van der Waals surface area (Å²) in [5.41, 5.74) is 0. The monoisotopic (exact) mass is 142 g/mol. The van der Waals surface area contributed by atoms with Crippen LogP contribution in [-0.4, -0.2) is 5.75 Å². The van der Waals surface area contributed by atoms with Crippen LogP contribution in [0.1, 0.15) is 32.6 Å². The topological polar surface area (TPSA) is 0 Å². The molecule has 0 heterocycles. The Balaban J connectivity index is 2.08. The van der Waals surface area contributed by atoms with Gasteiger partial charge in [-0.1, -0.05) is 6.92 Å². The van der Waals surface area contributed by atoms with Crippen molar-refractivity contribution >= 4 is 11.8 Å². The first-order valence-electron chi connectivity index (χ1n) is 3.72. The summed E-state index contributed by atoms with van der Waals surface area (Å²) in [6.45, 7) is 2.23. The van der Waals surface area contributed by atoms with E-state index < -0.39 is 0 Å². The van der Waals surface area contributed by atoms with Crippen molar-refractivity contribution in [1.29, 1.82) is 0 Å². The van der Waals surface area contributed by atoms with E-state index in [0.29, 0.717) is 0 Å². The van der Waals surface area contributed by atoms with Crippen LogP contribution in [0.3, 0.4) is 0 Å². The smallest absolute Gasteiger partial charge is 0.0306 e. The van der Waals surface area contributed by atoms with Crippen LogP contribution in [0.5, 0.6) is 0 Å². The molecule has 0 aromatic heterocycles. The van der Waals surface area contributed by atoms with Gasteiger partial charge < -0.3 is 0 Å². The van der Waals surface area contributed by atoms with Gasteiger partial charge in [-0.25, -0.2) is 0 Å². The molecule has 1 fully saturated rings. The van der Waals surface area contributed by atoms with E-state index in [4.69, 9.17) is 0 Å². The molecule has 0 spiro atoms. The molecular formula is C8H14S. The minimum Gasteiger partial charge on any atom is -0.154 e. The summed E-state index contributed by atoms with van der Waals surface area (Å²) >= 11 is 2.05. The van der Waals surface area contributed by atoms with Crippen molar-refractivity contribution in [3.05, 3.63) is 11.7 Å². The SMILES string of the molecule is CCS[C]1CC[CH]CC1. The van der Waals surface area contributed by atoms with E-state index in [1.807, 2.05) is 11.8 Å². The minimum absolute atomic E-state index is 1.26. The highest BCUT2D eigenvalue weighted by molar-refractivity contribution is 8.02. The van der Waals surface area contributed by atoms with Crippen molar-refractivity contribution in [2.75, 3.05) is 5.75 Å². The predicted molar refractivity (Wildman–Crippen MR) is 44.1 cm³/mol. The van der Waals surface area contributed by atoms with Crippen LogP contribution in [0, 0.1) is 11.7 Å². The Bertz CT molecular complexity index is 62.2. The number of thioether (sulfide) groups is 1. The third-order valence-corrected chi connectivity index (χ3v) is 2.71. The molecule has 0 N–H and O–H groups in total. The molecule has 0 saturated heterocycles. The van der Waals surface area contributed by atoms with Gasteiger partial charge >= 0.3 is 0 Å². The van der Waals surface area contributed by atoms with Crippen LogP contribution in [0.25, 0.3) is 0 Å². The fraction of sp³-hybridized carbons (Fsp3) is 0.750. The summed E-state index contributed by atoms with van der Waals surface area (Å²) in [7, 11) is 0. The van der Waals surface area contributed by atoms with Crippen LogP contribution in [0.15, 0.2) is 0 Å². The summed E-state index contributed by atoms with van der Waals surface area (Å²) in [5.74, 6) is 1.26. The van der Waals surface area contributed by atoms with Crippen LogP contribution in [0.2, 0.25) is 0 Å². The fourth-order valence-corrected chi connectivity index (χ4v) is 2.08. The molecule has 1 rings (SSSR count). The molecule has 1 heteroatoms. The van der Waals surface area contributed by atoms with E-state index >= 15 is 0 Å². The Morgan fingerprint density at radius 1 is 1.44 bits per heavy atom. The largest absolute Gasteiger partial charge is 0.154 e. The molecule has 1 aliphatic carbocycles. The Labute approximate surface area is 62.4 Å². The Morgan fingerprint density at radius 3 is 2.67 bits per heavy atom. The molecule has 0 aliphatic heterocycles. The zero-order valence-electron chi connectivity index (χ0n) is 6.02. The first-order valence-corrected chi connectivity index (χ1v) is 4.71. The molecule has 52 valence electrons. The normalized spacial score (nSPS) is 22.3. The zero-order valence-corrected chi connectivity index (χ0v) is 6.84. The fourth-order valence-electron chi connectivity index (χ4n) is 1.14. The van der Waals surface area contributed by atoms with Crippen molar-refractivity contribution in [3.63, 3.8) is 0 Å². The molecule has 0 bridgehead atoms. The van der Waals surface area contributed by atoms with E-state index in [-0.39, 0.29) is 0 Å². The molecule has 1 aliphatic rings. The lowest BCUT2D eigenvalue weighted by atomic mass is 10.0. The van der Waals surface area contributed by atoms with Crippen molar-refractivity contribution in [2.24, 2.45) is 0 Å². The van der Waals surface area contributed by atoms with E-state index in [9.17, 15) is 0 Å². The molecule has 9 heavy (non-hydrogen) atoms. The molecule has 1 saturated carbocycles. The molecule has 0 unspecified atom stereocenters. The Hall–Kier alpha value is 0.350. The molecule has 0 nitrogen and oxygen atoms in total. The molecule has 2 radical (unpaired) electrons. The van der Waals surface area contributed by atoms with Gasteiger partial charge in [0.05, 0.1) is 0 Å². The highest BCUT2D eigenvalue weighted by atomic mass is 32.2. The summed E-state index contributed by atoms with van der Waals surface area (Å²) < 4.78 is 0. The molecule has 0 aromatic rings. The van der Waals surface area contributed by atoms with Crippen LogP contribution < -0.4 is 0 Å². The minimum atomic E-state index is 1.26. The average molecular weight is 142 g/mol. The third kappa shape index (κ3) is 2.61. The lowest BCUT2D eigenvalue weighted by molar-refractivity contribution is 0.693. The number of hydrogen-bond acceptors (Lipinski definition) is 1. The van der Waals surface area contributed by atoms with E-state index in [0.717, 1.165) is 0 Å². The average Bonchev–Trinajstić information content (AvgIpc) is 1.91. The van der Waals surface area contributed by atoms with Gasteiger partial charge in [0.25, 0.3) is 0 Å². The Morgan fingerprint density at radius 2 is 2.11 bits per heavy atom. The van der Waals surface area contributed by atoms with E-state index in [1.54, 1.807) is 5.25 Å². The maximum Gasteiger partial charge on any atom is 0.0306 e.